The SMILES string of the molecule is Cc1ccc2c(Nc3ncnc(N4CCN(Cc5ccccc5)CC4)c3N)cccc2n1. The van der Waals surface area contributed by atoms with Crippen molar-refractivity contribution in [1.82, 2.24) is 19.9 Å². The molecule has 5 rings (SSSR count). The van der Waals surface area contributed by atoms with E-state index in [-0.39, 0.29) is 0 Å². The number of nitrogens with zero attached hydrogens (tertiary/aromatic N) is 5. The number of hydrogen-bond acceptors (Lipinski definition) is 7. The monoisotopic (exact) mass is 425 g/mol. The van der Waals surface area contributed by atoms with Crippen molar-refractivity contribution >= 4 is 33.9 Å². The summed E-state index contributed by atoms with van der Waals surface area (Å²) in [6, 6.07) is 20.7. The number of hydrogen-bond donors (Lipinski definition) is 2. The summed E-state index contributed by atoms with van der Waals surface area (Å²) in [5.74, 6) is 1.41. The van der Waals surface area contributed by atoms with E-state index in [2.05, 4.69) is 66.5 Å². The van der Waals surface area contributed by atoms with Gasteiger partial charge in [-0.2, -0.15) is 0 Å². The molecule has 2 aromatic carbocycles. The Hall–Kier alpha value is -3.71. The quantitative estimate of drug-likeness (QED) is 0.500. The molecule has 0 saturated carbocycles. The van der Waals surface area contributed by atoms with E-state index in [9.17, 15) is 0 Å². The Balaban J connectivity index is 1.32. The first-order chi connectivity index (χ1) is 15.7. The number of aromatic nitrogens is 3. The third kappa shape index (κ3) is 4.20. The molecule has 1 fully saturated rings. The summed E-state index contributed by atoms with van der Waals surface area (Å²) in [5.41, 5.74) is 11.3. The van der Waals surface area contributed by atoms with Crippen molar-refractivity contribution < 1.29 is 0 Å². The molecule has 0 amide bonds. The van der Waals surface area contributed by atoms with Crippen molar-refractivity contribution in [2.24, 2.45) is 0 Å². The van der Waals surface area contributed by atoms with Gasteiger partial charge in [0, 0.05) is 49.5 Å². The lowest BCUT2D eigenvalue weighted by atomic mass is 10.1. The minimum absolute atomic E-state index is 0.570. The molecule has 3 N–H and O–H groups in total. The molecule has 0 atom stereocenters. The molecule has 4 aromatic rings. The van der Waals surface area contributed by atoms with Gasteiger partial charge in [0.2, 0.25) is 0 Å². The van der Waals surface area contributed by atoms with Crippen LogP contribution in [0.5, 0.6) is 0 Å². The molecule has 3 heterocycles. The maximum Gasteiger partial charge on any atom is 0.159 e. The molecule has 0 spiro atoms. The number of piperazine rings is 1. The summed E-state index contributed by atoms with van der Waals surface area (Å²) in [4.78, 5) is 18.3. The molecule has 7 heteroatoms. The van der Waals surface area contributed by atoms with Crippen molar-refractivity contribution in [2.45, 2.75) is 13.5 Å². The Kier molecular flexibility index (Phi) is 5.56. The number of aryl methyl sites for hydroxylation is 1. The molecule has 0 bridgehead atoms. The van der Waals surface area contributed by atoms with E-state index in [4.69, 9.17) is 5.73 Å². The predicted molar refractivity (Wildman–Crippen MR) is 130 cm³/mol. The first-order valence-electron chi connectivity index (χ1n) is 10.9. The second-order valence-corrected chi connectivity index (χ2v) is 8.16. The van der Waals surface area contributed by atoms with Gasteiger partial charge in [0.25, 0.3) is 0 Å². The fourth-order valence-corrected chi connectivity index (χ4v) is 4.19. The molecule has 162 valence electrons. The van der Waals surface area contributed by atoms with Gasteiger partial charge < -0.3 is 16.0 Å². The summed E-state index contributed by atoms with van der Waals surface area (Å²) in [6.45, 7) is 6.66. The van der Waals surface area contributed by atoms with E-state index in [1.807, 2.05) is 31.2 Å². The first-order valence-corrected chi connectivity index (χ1v) is 10.9. The van der Waals surface area contributed by atoms with E-state index in [1.165, 1.54) is 5.56 Å². The van der Waals surface area contributed by atoms with Crippen LogP contribution in [0.3, 0.4) is 0 Å². The third-order valence-electron chi connectivity index (χ3n) is 5.91. The highest BCUT2D eigenvalue weighted by Crippen LogP contribution is 2.31. The van der Waals surface area contributed by atoms with Crippen LogP contribution in [0.1, 0.15) is 11.3 Å². The zero-order valence-electron chi connectivity index (χ0n) is 18.2. The molecule has 1 aliphatic heterocycles. The second kappa shape index (κ2) is 8.80. The van der Waals surface area contributed by atoms with E-state index >= 15 is 0 Å². The van der Waals surface area contributed by atoms with Crippen LogP contribution < -0.4 is 16.0 Å². The van der Waals surface area contributed by atoms with Crippen LogP contribution in [0.4, 0.5) is 23.0 Å². The highest BCUT2D eigenvalue weighted by Gasteiger charge is 2.21. The molecule has 7 nitrogen and oxygen atoms in total. The van der Waals surface area contributed by atoms with Crippen molar-refractivity contribution in [3.8, 4) is 0 Å². The summed E-state index contributed by atoms with van der Waals surface area (Å²) in [6.07, 6.45) is 1.58. The highest BCUT2D eigenvalue weighted by molar-refractivity contribution is 5.94. The Bertz CT molecular complexity index is 1220. The largest absolute Gasteiger partial charge is 0.393 e. The smallest absolute Gasteiger partial charge is 0.159 e. The van der Waals surface area contributed by atoms with Crippen LogP contribution >= 0.6 is 0 Å². The Labute approximate surface area is 187 Å². The lowest BCUT2D eigenvalue weighted by Crippen LogP contribution is -2.46. The molecule has 0 radical (unpaired) electrons. The number of nitrogens with two attached hydrogens (primary N) is 1. The number of anilines is 4. The van der Waals surface area contributed by atoms with Gasteiger partial charge in [-0.05, 0) is 36.8 Å². The third-order valence-corrected chi connectivity index (χ3v) is 5.91. The molecule has 0 aliphatic carbocycles. The van der Waals surface area contributed by atoms with E-state index in [0.29, 0.717) is 11.5 Å². The average Bonchev–Trinajstić information content (AvgIpc) is 2.82. The van der Waals surface area contributed by atoms with Crippen LogP contribution in [0.25, 0.3) is 10.9 Å². The van der Waals surface area contributed by atoms with Crippen LogP contribution in [-0.4, -0.2) is 46.0 Å². The number of fused-ring (bicyclic) bond motifs is 1. The summed E-state index contributed by atoms with van der Waals surface area (Å²) in [5, 5.41) is 4.44. The number of nitrogens with one attached hydrogen (secondary N) is 1. The Morgan fingerprint density at radius 2 is 1.72 bits per heavy atom. The predicted octanol–water partition coefficient (Wildman–Crippen LogP) is 3.98. The van der Waals surface area contributed by atoms with Crippen LogP contribution in [0.2, 0.25) is 0 Å². The number of rotatable bonds is 5. The van der Waals surface area contributed by atoms with Gasteiger partial charge in [-0.1, -0.05) is 36.4 Å². The lowest BCUT2D eigenvalue weighted by Gasteiger charge is -2.36. The molecule has 0 unspecified atom stereocenters. The molecule has 1 aliphatic rings. The van der Waals surface area contributed by atoms with Gasteiger partial charge in [0.15, 0.2) is 11.6 Å². The minimum atomic E-state index is 0.570. The zero-order chi connectivity index (χ0) is 21.9. The first kappa shape index (κ1) is 20.2. The van der Waals surface area contributed by atoms with Crippen molar-refractivity contribution in [3.63, 3.8) is 0 Å². The zero-order valence-corrected chi connectivity index (χ0v) is 18.2. The lowest BCUT2D eigenvalue weighted by molar-refractivity contribution is 0.249. The van der Waals surface area contributed by atoms with Gasteiger partial charge in [-0.3, -0.25) is 9.88 Å². The number of pyridine rings is 1. The molecular formula is C25H27N7. The second-order valence-electron chi connectivity index (χ2n) is 8.16. The van der Waals surface area contributed by atoms with Crippen LogP contribution in [0.15, 0.2) is 67.0 Å². The van der Waals surface area contributed by atoms with E-state index in [1.54, 1.807) is 6.33 Å². The summed E-state index contributed by atoms with van der Waals surface area (Å²) in [7, 11) is 0. The maximum atomic E-state index is 6.53. The fourth-order valence-electron chi connectivity index (χ4n) is 4.19. The number of benzene rings is 2. The number of nitrogen functional groups attached to an aromatic ring is 1. The topological polar surface area (TPSA) is 83.2 Å². The van der Waals surface area contributed by atoms with Crippen LogP contribution in [0, 0.1) is 6.92 Å². The summed E-state index contributed by atoms with van der Waals surface area (Å²) < 4.78 is 0. The van der Waals surface area contributed by atoms with Crippen molar-refractivity contribution in [3.05, 3.63) is 78.2 Å². The molecule has 2 aromatic heterocycles. The van der Waals surface area contributed by atoms with Crippen molar-refractivity contribution in [2.75, 3.05) is 42.1 Å². The average molecular weight is 426 g/mol. The van der Waals surface area contributed by atoms with Gasteiger partial charge in [0.1, 0.15) is 12.0 Å². The van der Waals surface area contributed by atoms with Crippen LogP contribution in [-0.2, 0) is 6.54 Å². The van der Waals surface area contributed by atoms with E-state index < -0.39 is 0 Å². The normalized spacial score (nSPS) is 14.6. The fraction of sp³-hybridized carbons (Fsp3) is 0.240. The Morgan fingerprint density at radius 1 is 0.906 bits per heavy atom. The molecular weight excluding hydrogens is 398 g/mol. The standard InChI is InChI=1S/C25H27N7/c1-18-10-11-20-21(29-18)8-5-9-22(20)30-24-23(26)25(28-17-27-24)32-14-12-31(13-15-32)16-19-6-3-2-4-7-19/h2-11,17H,12-16,26H2,1H3,(H,27,28,30). The van der Waals surface area contributed by atoms with Crippen molar-refractivity contribution in [1.29, 1.82) is 0 Å². The van der Waals surface area contributed by atoms with Gasteiger partial charge in [-0.25, -0.2) is 9.97 Å². The highest BCUT2D eigenvalue weighted by atomic mass is 15.3. The van der Waals surface area contributed by atoms with E-state index in [0.717, 1.165) is 60.8 Å². The molecule has 1 saturated heterocycles. The summed E-state index contributed by atoms with van der Waals surface area (Å²) >= 11 is 0. The molecule has 32 heavy (non-hydrogen) atoms. The van der Waals surface area contributed by atoms with Gasteiger partial charge >= 0.3 is 0 Å². The Morgan fingerprint density at radius 3 is 2.53 bits per heavy atom. The minimum Gasteiger partial charge on any atom is -0.393 e. The van der Waals surface area contributed by atoms with Gasteiger partial charge in [-0.15, -0.1) is 0 Å². The van der Waals surface area contributed by atoms with Gasteiger partial charge in [0.05, 0.1) is 5.52 Å². The maximum absolute atomic E-state index is 6.53.